The van der Waals surface area contributed by atoms with Crippen LogP contribution in [0.5, 0.6) is 0 Å². The summed E-state index contributed by atoms with van der Waals surface area (Å²) in [5.74, 6) is 0. The molecule has 2 radical (unpaired) electrons. The molecule has 6 heteroatoms. The first-order valence-electron chi connectivity index (χ1n) is 6.14. The van der Waals surface area contributed by atoms with Crippen LogP contribution < -0.4 is 0 Å². The van der Waals surface area contributed by atoms with Crippen molar-refractivity contribution in [1.29, 1.82) is 0 Å². The average Bonchev–Trinajstić information content (AvgIpc) is 1.99. The van der Waals surface area contributed by atoms with Crippen molar-refractivity contribution >= 4 is 15.9 Å². The van der Waals surface area contributed by atoms with Crippen molar-refractivity contribution in [3.63, 3.8) is 0 Å². The number of hydrogen-bond donors (Lipinski definition) is 0. The first-order chi connectivity index (χ1) is 7.59. The van der Waals surface area contributed by atoms with E-state index in [1.807, 2.05) is 55.4 Å². The zero-order valence-electron chi connectivity index (χ0n) is 13.0. The van der Waals surface area contributed by atoms with Crippen LogP contribution in [0.4, 0.5) is 0 Å². The van der Waals surface area contributed by atoms with Gasteiger partial charge in [0, 0.05) is 65.0 Å². The zero-order valence-corrected chi connectivity index (χ0v) is 16.0. The summed E-state index contributed by atoms with van der Waals surface area (Å²) in [6.07, 6.45) is 0.775. The van der Waals surface area contributed by atoms with Crippen LogP contribution in [-0.4, -0.2) is 50.5 Å². The molecule has 0 spiro atoms. The Hall–Kier alpha value is 1.62. The summed E-state index contributed by atoms with van der Waals surface area (Å²) >= 11 is -0.245. The molecule has 0 fully saturated rings. The maximum absolute atomic E-state index is 6.58. The Morgan fingerprint density at radius 3 is 0.944 bits per heavy atom. The molecule has 0 saturated heterocycles. The summed E-state index contributed by atoms with van der Waals surface area (Å²) in [6, 6.07) is 0. The minimum atomic E-state index is -0.245. The summed E-state index contributed by atoms with van der Waals surface area (Å²) in [5.41, 5.74) is 0. The summed E-state index contributed by atoms with van der Waals surface area (Å²) in [4.78, 5) is 0. The van der Waals surface area contributed by atoms with Crippen LogP contribution in [0.25, 0.3) is 0 Å². The molecule has 0 rings (SSSR count). The van der Waals surface area contributed by atoms with Gasteiger partial charge in [-0.2, -0.15) is 0 Å². The van der Waals surface area contributed by atoms with Crippen LogP contribution >= 0.6 is 0 Å². The minimum absolute atomic E-state index is 0. The van der Waals surface area contributed by atoms with Crippen LogP contribution in [0.2, 0.25) is 0 Å². The van der Waals surface area contributed by atoms with Gasteiger partial charge >= 0.3 is 0 Å². The number of hydrogen-bond acceptors (Lipinski definition) is 2. The van der Waals surface area contributed by atoms with E-state index in [2.05, 4.69) is 0 Å². The monoisotopic (exact) mass is 433 g/mol. The van der Waals surface area contributed by atoms with Crippen LogP contribution in [0.1, 0.15) is 55.4 Å². The van der Waals surface area contributed by atoms with Crippen molar-refractivity contribution in [2.24, 2.45) is 0 Å². The molecule has 0 heterocycles. The van der Waals surface area contributed by atoms with E-state index in [4.69, 9.17) is 17.8 Å². The second-order valence-electron chi connectivity index (χ2n) is 4.78. The topological polar surface area (TPSA) is 64.3 Å². The molecule has 0 aromatic rings. The quantitative estimate of drug-likeness (QED) is 0.498. The largest absolute Gasteiger partial charge is 0.677 e. The van der Waals surface area contributed by atoms with Crippen molar-refractivity contribution in [1.82, 2.24) is 0 Å². The SMILES string of the molecule is CC(C)[OH2+].CC(C)[OH2+].CC(C)[O][Al-][O]C(C)C.[Er]. The van der Waals surface area contributed by atoms with Gasteiger partial charge in [-0.15, -0.1) is 0 Å². The predicted molar refractivity (Wildman–Crippen MR) is 75.7 cm³/mol. The molecular weight excluding hydrogens is 402 g/mol. The Kier molecular flexibility index (Phi) is 32.4. The second-order valence-corrected chi connectivity index (χ2v) is 5.51. The molecule has 4 nitrogen and oxygen atoms in total. The maximum Gasteiger partial charge on any atom is 0.147 e. The summed E-state index contributed by atoms with van der Waals surface area (Å²) < 4.78 is 10.4. The van der Waals surface area contributed by atoms with Crippen LogP contribution in [0.15, 0.2) is 0 Å². The Labute approximate surface area is 149 Å². The summed E-state index contributed by atoms with van der Waals surface area (Å²) in [5, 5.41) is 13.2. The van der Waals surface area contributed by atoms with Crippen molar-refractivity contribution in [3.05, 3.63) is 0 Å². The fourth-order valence-corrected chi connectivity index (χ4v) is 0.763. The van der Waals surface area contributed by atoms with Crippen LogP contribution in [-0.2, 0) is 7.58 Å². The predicted octanol–water partition coefficient (Wildman–Crippen LogP) is 1.61. The van der Waals surface area contributed by atoms with Crippen molar-refractivity contribution in [2.45, 2.75) is 79.8 Å². The molecule has 0 unspecified atom stereocenters. The molecule has 0 aliphatic rings. The Bertz CT molecular complexity index is 114. The smallest absolute Gasteiger partial charge is 0.147 e. The van der Waals surface area contributed by atoms with Gasteiger partial charge in [0.05, 0.1) is 0 Å². The van der Waals surface area contributed by atoms with E-state index in [1.54, 1.807) is 0 Å². The van der Waals surface area contributed by atoms with Crippen molar-refractivity contribution in [2.75, 3.05) is 0 Å². The molecule has 18 heavy (non-hydrogen) atoms. The van der Waals surface area contributed by atoms with Crippen LogP contribution in [0, 0.1) is 37.3 Å². The molecule has 0 atom stereocenters. The molecule has 4 N–H and O–H groups in total. The molecule has 0 aliphatic heterocycles. The van der Waals surface area contributed by atoms with Gasteiger partial charge < -0.3 is 17.8 Å². The third-order valence-electron chi connectivity index (χ3n) is 0.655. The van der Waals surface area contributed by atoms with Gasteiger partial charge in [-0.1, -0.05) is 0 Å². The van der Waals surface area contributed by atoms with Gasteiger partial charge in [0.15, 0.2) is 0 Å². The fourth-order valence-electron chi connectivity index (χ4n) is 0.254. The normalized spacial score (nSPS) is 9.67. The van der Waals surface area contributed by atoms with Crippen LogP contribution in [0.3, 0.4) is 0 Å². The van der Waals surface area contributed by atoms with Gasteiger partial charge in [-0.25, -0.2) is 0 Å². The third-order valence-corrected chi connectivity index (χ3v) is 1.97. The first kappa shape index (κ1) is 27.9. The maximum atomic E-state index is 6.58. The Balaban J connectivity index is -0.0000000922. The zero-order chi connectivity index (χ0) is 14.4. The molecule has 0 aromatic carbocycles. The average molecular weight is 435 g/mol. The molecule has 0 saturated carbocycles. The van der Waals surface area contributed by atoms with Gasteiger partial charge in [-0.3, -0.25) is 0 Å². The van der Waals surface area contributed by atoms with Gasteiger partial charge in [0.1, 0.15) is 28.1 Å². The fraction of sp³-hybridized carbons (Fsp3) is 1.00. The minimum Gasteiger partial charge on any atom is -0.677 e. The summed E-state index contributed by atoms with van der Waals surface area (Å²) in [6.45, 7) is 15.4. The number of rotatable bonds is 4. The molecule has 0 aliphatic carbocycles. The van der Waals surface area contributed by atoms with Crippen molar-refractivity contribution in [3.8, 4) is 0 Å². The molecule has 0 amide bonds. The standard InChI is InChI=1S/2C3H8O.2C3H7O.Al.Er/c4*1-3(2)4;;/h2*3-4H,1-2H3;2*3H,1-2H3;;/q;;2*-1;+1;/p+2. The molecular formula is C12H32AlErO4+. The Morgan fingerprint density at radius 1 is 0.667 bits per heavy atom. The second kappa shape index (κ2) is 20.9. The molecule has 118 valence electrons. The van der Waals surface area contributed by atoms with E-state index >= 15 is 0 Å². The van der Waals surface area contributed by atoms with E-state index in [0.717, 1.165) is 0 Å². The van der Waals surface area contributed by atoms with Crippen molar-refractivity contribution < 1.29 is 55.1 Å². The van der Waals surface area contributed by atoms with Gasteiger partial charge in [0.2, 0.25) is 0 Å². The molecule has 0 aromatic heterocycles. The third kappa shape index (κ3) is 83.8. The van der Waals surface area contributed by atoms with E-state index in [9.17, 15) is 0 Å². The summed E-state index contributed by atoms with van der Waals surface area (Å²) in [7, 11) is 0. The van der Waals surface area contributed by atoms with E-state index < -0.39 is 0 Å². The molecule has 0 bridgehead atoms. The van der Waals surface area contributed by atoms with E-state index in [0.29, 0.717) is 12.2 Å². The van der Waals surface area contributed by atoms with E-state index in [-0.39, 0.29) is 65.4 Å². The first-order valence-corrected chi connectivity index (χ1v) is 7.08. The van der Waals surface area contributed by atoms with Gasteiger partial charge in [-0.05, 0) is 39.9 Å². The van der Waals surface area contributed by atoms with E-state index in [1.165, 1.54) is 0 Å². The van der Waals surface area contributed by atoms with Gasteiger partial charge in [0.25, 0.3) is 0 Å². The Morgan fingerprint density at radius 2 is 0.833 bits per heavy atom.